The van der Waals surface area contributed by atoms with Gasteiger partial charge in [0.05, 0.1) is 16.1 Å². The molecular formula is C23H24Cl2N2O8S. The zero-order valence-electron chi connectivity index (χ0n) is 18.9. The molecule has 0 saturated carbocycles. The first-order chi connectivity index (χ1) is 17.0. The number of carboxylic acids is 1. The van der Waals surface area contributed by atoms with Gasteiger partial charge in [0.1, 0.15) is 22.4 Å². The predicted molar refractivity (Wildman–Crippen MR) is 130 cm³/mol. The minimum Gasteiger partial charge on any atom is -0.507 e. The number of phenolic OH excluding ortho intramolecular Hbond substituents is 1. The van der Waals surface area contributed by atoms with Crippen LogP contribution in [-0.2, 0) is 14.8 Å². The van der Waals surface area contributed by atoms with Crippen LogP contribution in [0.4, 0.5) is 0 Å². The van der Waals surface area contributed by atoms with Crippen LogP contribution < -0.4 is 4.74 Å². The van der Waals surface area contributed by atoms with Crippen molar-refractivity contribution in [2.75, 3.05) is 19.6 Å². The van der Waals surface area contributed by atoms with Crippen LogP contribution in [0, 0.1) is 0 Å². The Labute approximate surface area is 217 Å². The molecule has 0 spiro atoms. The van der Waals surface area contributed by atoms with Crippen LogP contribution in [0.1, 0.15) is 36.0 Å². The van der Waals surface area contributed by atoms with Gasteiger partial charge in [-0.05, 0) is 37.1 Å². The first-order valence-electron chi connectivity index (χ1n) is 11.2. The summed E-state index contributed by atoms with van der Waals surface area (Å²) >= 11 is 12.6. The number of aliphatic hydroxyl groups excluding tert-OH is 1. The van der Waals surface area contributed by atoms with Crippen molar-refractivity contribution in [3.05, 3.63) is 45.9 Å². The molecule has 0 bridgehead atoms. The highest BCUT2D eigenvalue weighted by molar-refractivity contribution is 7.89. The van der Waals surface area contributed by atoms with Crippen LogP contribution in [0.25, 0.3) is 0 Å². The first kappa shape index (κ1) is 26.5. The average Bonchev–Trinajstić information content (AvgIpc) is 3.24. The summed E-state index contributed by atoms with van der Waals surface area (Å²) in [6.07, 6.45) is 1.35. The van der Waals surface area contributed by atoms with Crippen molar-refractivity contribution in [3.8, 4) is 17.2 Å². The van der Waals surface area contributed by atoms with Gasteiger partial charge in [-0.1, -0.05) is 29.6 Å². The quantitative estimate of drug-likeness (QED) is 0.489. The van der Waals surface area contributed by atoms with E-state index in [0.29, 0.717) is 13.1 Å². The molecule has 194 valence electrons. The van der Waals surface area contributed by atoms with Crippen LogP contribution in [0.3, 0.4) is 0 Å². The van der Waals surface area contributed by atoms with Gasteiger partial charge in [0.25, 0.3) is 5.91 Å². The number of sulfonamides is 1. The molecule has 2 fully saturated rings. The number of piperidine rings is 1. The number of likely N-dealkylation sites (tertiary alicyclic amines) is 1. The van der Waals surface area contributed by atoms with Crippen LogP contribution in [-0.4, -0.2) is 76.6 Å². The van der Waals surface area contributed by atoms with E-state index in [4.69, 9.17) is 27.9 Å². The average molecular weight is 559 g/mol. The number of phenols is 1. The molecule has 2 atom stereocenters. The number of rotatable bonds is 6. The van der Waals surface area contributed by atoms with Crippen LogP contribution in [0.2, 0.25) is 10.0 Å². The number of carbonyl (C=O) groups excluding carboxylic acids is 1. The Hall–Kier alpha value is -2.57. The molecular weight excluding hydrogens is 535 g/mol. The highest BCUT2D eigenvalue weighted by Crippen LogP contribution is 2.40. The lowest BCUT2D eigenvalue weighted by atomic mass is 10.1. The fourth-order valence-corrected chi connectivity index (χ4v) is 6.52. The van der Waals surface area contributed by atoms with Gasteiger partial charge in [0.2, 0.25) is 10.0 Å². The zero-order valence-corrected chi connectivity index (χ0v) is 21.3. The summed E-state index contributed by atoms with van der Waals surface area (Å²) in [6.45, 7) is 0.568. The number of hydrogen-bond donors (Lipinski definition) is 3. The second-order valence-corrected chi connectivity index (χ2v) is 11.4. The topological polar surface area (TPSA) is 145 Å². The maximum absolute atomic E-state index is 13.0. The summed E-state index contributed by atoms with van der Waals surface area (Å²) in [5.41, 5.74) is -0.00299. The summed E-state index contributed by atoms with van der Waals surface area (Å²) in [5.74, 6) is -2.35. The van der Waals surface area contributed by atoms with Gasteiger partial charge < -0.3 is 25.0 Å². The van der Waals surface area contributed by atoms with E-state index in [-0.39, 0.29) is 45.0 Å². The number of hydrogen-bond acceptors (Lipinski definition) is 7. The molecule has 2 saturated heterocycles. The second kappa shape index (κ2) is 10.4. The van der Waals surface area contributed by atoms with Crippen molar-refractivity contribution >= 4 is 45.1 Å². The number of aliphatic carboxylic acids is 1. The largest absolute Gasteiger partial charge is 0.507 e. The lowest BCUT2D eigenvalue weighted by molar-refractivity contribution is -0.141. The highest BCUT2D eigenvalue weighted by Gasteiger charge is 2.39. The first-order valence-corrected chi connectivity index (χ1v) is 13.4. The van der Waals surface area contributed by atoms with Crippen molar-refractivity contribution in [2.24, 2.45) is 0 Å². The smallest absolute Gasteiger partial charge is 0.326 e. The molecule has 13 heteroatoms. The zero-order chi connectivity index (χ0) is 26.2. The third kappa shape index (κ3) is 5.25. The summed E-state index contributed by atoms with van der Waals surface area (Å²) in [7, 11) is -3.95. The van der Waals surface area contributed by atoms with E-state index in [1.165, 1.54) is 34.6 Å². The predicted octanol–water partition coefficient (Wildman–Crippen LogP) is 3.33. The number of halogens is 2. The van der Waals surface area contributed by atoms with Gasteiger partial charge in [0, 0.05) is 37.7 Å². The molecule has 2 aliphatic rings. The number of aliphatic hydroxyl groups is 1. The minimum absolute atomic E-state index is 0.00299. The molecule has 2 aromatic carbocycles. The van der Waals surface area contributed by atoms with Gasteiger partial charge >= 0.3 is 5.97 Å². The Morgan fingerprint density at radius 3 is 2.28 bits per heavy atom. The minimum atomic E-state index is -3.95. The number of amides is 1. The molecule has 0 radical (unpaired) electrons. The van der Waals surface area contributed by atoms with E-state index < -0.39 is 39.8 Å². The molecule has 0 unspecified atom stereocenters. The molecule has 1 amide bonds. The molecule has 4 rings (SSSR count). The summed E-state index contributed by atoms with van der Waals surface area (Å²) in [4.78, 5) is 25.1. The van der Waals surface area contributed by atoms with Crippen molar-refractivity contribution in [3.63, 3.8) is 0 Å². The van der Waals surface area contributed by atoms with Gasteiger partial charge in [0.15, 0.2) is 5.75 Å². The number of aromatic hydroxyl groups is 1. The van der Waals surface area contributed by atoms with Crippen molar-refractivity contribution < 1.29 is 38.1 Å². The third-order valence-electron chi connectivity index (χ3n) is 6.15. The summed E-state index contributed by atoms with van der Waals surface area (Å²) < 4.78 is 33.1. The monoisotopic (exact) mass is 558 g/mol. The van der Waals surface area contributed by atoms with E-state index >= 15 is 0 Å². The van der Waals surface area contributed by atoms with Gasteiger partial charge in [-0.2, -0.15) is 4.31 Å². The number of nitrogens with zero attached hydrogens (tertiary/aromatic N) is 2. The summed E-state index contributed by atoms with van der Waals surface area (Å²) in [5, 5.41) is 29.3. The maximum Gasteiger partial charge on any atom is 0.326 e. The van der Waals surface area contributed by atoms with Crippen molar-refractivity contribution in [2.45, 2.75) is 42.7 Å². The van der Waals surface area contributed by atoms with E-state index in [9.17, 15) is 33.3 Å². The maximum atomic E-state index is 13.0. The standard InChI is InChI=1S/C23H24Cl2N2O8S/c24-16-8-13(22(30)27-12-14(28)10-18(27)23(31)32)9-17(25)21(16)35-15-4-5-19(29)20(11-15)36(33,34)26-6-2-1-3-7-26/h4-5,8-9,11,14,18,28-29H,1-3,6-7,10,12H2,(H,31,32)/t14-,18+/m1/s1. The van der Waals surface area contributed by atoms with Gasteiger partial charge in [-0.25, -0.2) is 13.2 Å². The van der Waals surface area contributed by atoms with E-state index in [2.05, 4.69) is 0 Å². The normalized spacial score (nSPS) is 20.9. The number of benzene rings is 2. The molecule has 36 heavy (non-hydrogen) atoms. The van der Waals surface area contributed by atoms with Gasteiger partial charge in [-0.15, -0.1) is 0 Å². The fourth-order valence-electron chi connectivity index (χ4n) is 4.35. The molecule has 0 aromatic heterocycles. The molecule has 2 aromatic rings. The molecule has 2 aliphatic heterocycles. The summed E-state index contributed by atoms with van der Waals surface area (Å²) in [6, 6.07) is 5.03. The Kier molecular flexibility index (Phi) is 7.67. The van der Waals surface area contributed by atoms with E-state index in [0.717, 1.165) is 24.2 Å². The Morgan fingerprint density at radius 1 is 1.03 bits per heavy atom. The fraction of sp³-hybridized carbons (Fsp3) is 0.391. The number of β-amino-alcohol motifs (C(OH)–C–C–N with tert-alkyl or cyclic N) is 1. The lowest BCUT2D eigenvalue weighted by Gasteiger charge is -2.26. The molecule has 10 nitrogen and oxygen atoms in total. The Morgan fingerprint density at radius 2 is 1.67 bits per heavy atom. The van der Waals surface area contributed by atoms with E-state index in [1.54, 1.807) is 0 Å². The second-order valence-electron chi connectivity index (χ2n) is 8.67. The van der Waals surface area contributed by atoms with Crippen LogP contribution in [0.5, 0.6) is 17.2 Å². The highest BCUT2D eigenvalue weighted by atomic mass is 35.5. The molecule has 0 aliphatic carbocycles. The SMILES string of the molecule is O=C(O)[C@@H]1C[C@@H](O)CN1C(=O)c1cc(Cl)c(Oc2ccc(O)c(S(=O)(=O)N3CCCCC3)c2)c(Cl)c1. The number of carbonyl (C=O) groups is 2. The van der Waals surface area contributed by atoms with Crippen molar-refractivity contribution in [1.82, 2.24) is 9.21 Å². The third-order valence-corrected chi connectivity index (χ3v) is 8.64. The lowest BCUT2D eigenvalue weighted by Crippen LogP contribution is -2.40. The Balaban J connectivity index is 1.60. The number of carboxylic acid groups (broad SMARTS) is 1. The van der Waals surface area contributed by atoms with E-state index in [1.807, 2.05) is 0 Å². The Bertz CT molecular complexity index is 1270. The molecule has 3 N–H and O–H groups in total. The van der Waals surface area contributed by atoms with Crippen LogP contribution >= 0.6 is 23.2 Å². The number of ether oxygens (including phenoxy) is 1. The van der Waals surface area contributed by atoms with Crippen LogP contribution in [0.15, 0.2) is 35.2 Å². The van der Waals surface area contributed by atoms with Gasteiger partial charge in [-0.3, -0.25) is 4.79 Å². The van der Waals surface area contributed by atoms with Crippen molar-refractivity contribution in [1.29, 1.82) is 0 Å². The molecule has 2 heterocycles.